The number of esters is 1. The highest BCUT2D eigenvalue weighted by atomic mass is 19.4. The van der Waals surface area contributed by atoms with Gasteiger partial charge in [0, 0.05) is 11.6 Å². The number of nitrogens with one attached hydrogen (secondary N) is 1. The minimum Gasteiger partial charge on any atom is -0.461 e. The number of aromatic amines is 1. The van der Waals surface area contributed by atoms with Gasteiger partial charge in [-0.25, -0.2) is 9.78 Å². The third-order valence-electron chi connectivity index (χ3n) is 2.33. The second kappa shape index (κ2) is 4.32. The number of ether oxygens (including phenoxy) is 1. The van der Waals surface area contributed by atoms with Crippen LogP contribution in [0.5, 0.6) is 0 Å². The van der Waals surface area contributed by atoms with Crippen molar-refractivity contribution in [3.8, 4) is 0 Å². The van der Waals surface area contributed by atoms with E-state index in [2.05, 4.69) is 9.97 Å². The summed E-state index contributed by atoms with van der Waals surface area (Å²) in [5.41, 5.74) is -0.872. The van der Waals surface area contributed by atoms with Crippen LogP contribution in [0.25, 0.3) is 11.0 Å². The van der Waals surface area contributed by atoms with Gasteiger partial charge < -0.3 is 9.72 Å². The Balaban J connectivity index is 2.55. The van der Waals surface area contributed by atoms with E-state index in [9.17, 15) is 18.0 Å². The smallest absolute Gasteiger partial charge is 0.417 e. The second-order valence-corrected chi connectivity index (χ2v) is 3.52. The van der Waals surface area contributed by atoms with Crippen molar-refractivity contribution in [1.29, 1.82) is 0 Å². The van der Waals surface area contributed by atoms with Crippen molar-refractivity contribution in [2.75, 3.05) is 6.61 Å². The van der Waals surface area contributed by atoms with Crippen LogP contribution in [0.15, 0.2) is 18.3 Å². The van der Waals surface area contributed by atoms with Crippen molar-refractivity contribution in [3.05, 3.63) is 29.6 Å². The van der Waals surface area contributed by atoms with Gasteiger partial charge >= 0.3 is 12.1 Å². The standard InChI is InChI=1S/C11H9F3N2O2/c1-2-18-10(17)8-5-6-7(11(12,13)14)3-4-15-9(6)16-8/h3-5H,2H2,1H3,(H,15,16). The molecule has 0 aliphatic heterocycles. The summed E-state index contributed by atoms with van der Waals surface area (Å²) in [5, 5.41) is -0.145. The van der Waals surface area contributed by atoms with Crippen molar-refractivity contribution in [2.45, 2.75) is 13.1 Å². The molecule has 0 radical (unpaired) electrons. The van der Waals surface area contributed by atoms with Gasteiger partial charge in [0.1, 0.15) is 11.3 Å². The molecule has 2 heterocycles. The monoisotopic (exact) mass is 258 g/mol. The van der Waals surface area contributed by atoms with Gasteiger partial charge in [-0.1, -0.05) is 0 Å². The van der Waals surface area contributed by atoms with E-state index < -0.39 is 17.7 Å². The molecule has 18 heavy (non-hydrogen) atoms. The number of alkyl halides is 3. The fraction of sp³-hybridized carbons (Fsp3) is 0.273. The Bertz CT molecular complexity index is 589. The van der Waals surface area contributed by atoms with Crippen molar-refractivity contribution in [1.82, 2.24) is 9.97 Å². The number of hydrogen-bond donors (Lipinski definition) is 1. The van der Waals surface area contributed by atoms with E-state index in [4.69, 9.17) is 4.74 Å². The number of nitrogens with zero attached hydrogens (tertiary/aromatic N) is 1. The summed E-state index contributed by atoms with van der Waals surface area (Å²) in [6, 6.07) is 1.97. The summed E-state index contributed by atoms with van der Waals surface area (Å²) >= 11 is 0. The Morgan fingerprint density at radius 3 is 2.83 bits per heavy atom. The lowest BCUT2D eigenvalue weighted by Crippen LogP contribution is -2.05. The van der Waals surface area contributed by atoms with Crippen LogP contribution in [-0.4, -0.2) is 22.5 Å². The third kappa shape index (κ3) is 2.15. The zero-order chi connectivity index (χ0) is 13.3. The van der Waals surface area contributed by atoms with Crippen LogP contribution in [0.1, 0.15) is 23.0 Å². The second-order valence-electron chi connectivity index (χ2n) is 3.52. The molecule has 0 aromatic carbocycles. The number of H-pyrrole nitrogens is 1. The van der Waals surface area contributed by atoms with Gasteiger partial charge in [-0.05, 0) is 19.1 Å². The number of hydrogen-bond acceptors (Lipinski definition) is 3. The van der Waals surface area contributed by atoms with E-state index in [-0.39, 0.29) is 23.3 Å². The molecule has 4 nitrogen and oxygen atoms in total. The molecular weight excluding hydrogens is 249 g/mol. The zero-order valence-electron chi connectivity index (χ0n) is 9.34. The molecule has 2 aromatic rings. The first-order valence-electron chi connectivity index (χ1n) is 5.15. The molecule has 0 spiro atoms. The normalized spacial score (nSPS) is 11.8. The predicted octanol–water partition coefficient (Wildman–Crippen LogP) is 2.76. The molecule has 2 rings (SSSR count). The molecule has 0 atom stereocenters. The van der Waals surface area contributed by atoms with Gasteiger partial charge in [-0.3, -0.25) is 0 Å². The van der Waals surface area contributed by atoms with E-state index in [1.165, 1.54) is 0 Å². The van der Waals surface area contributed by atoms with Gasteiger partial charge in [0.25, 0.3) is 0 Å². The number of fused-ring (bicyclic) bond motifs is 1. The van der Waals surface area contributed by atoms with E-state index >= 15 is 0 Å². The number of rotatable bonds is 2. The molecular formula is C11H9F3N2O2. The van der Waals surface area contributed by atoms with Gasteiger partial charge in [-0.2, -0.15) is 13.2 Å². The fourth-order valence-corrected chi connectivity index (χ4v) is 1.59. The van der Waals surface area contributed by atoms with E-state index in [0.29, 0.717) is 0 Å². The van der Waals surface area contributed by atoms with Gasteiger partial charge in [0.05, 0.1) is 12.2 Å². The molecule has 0 aliphatic carbocycles. The molecule has 0 saturated carbocycles. The summed E-state index contributed by atoms with van der Waals surface area (Å²) < 4.78 is 42.9. The van der Waals surface area contributed by atoms with Crippen LogP contribution in [0, 0.1) is 0 Å². The van der Waals surface area contributed by atoms with Crippen molar-refractivity contribution < 1.29 is 22.7 Å². The first kappa shape index (κ1) is 12.4. The molecule has 0 aliphatic rings. The van der Waals surface area contributed by atoms with Gasteiger partial charge in [0.15, 0.2) is 0 Å². The maximum Gasteiger partial charge on any atom is 0.417 e. The van der Waals surface area contributed by atoms with Gasteiger partial charge in [0.2, 0.25) is 0 Å². The highest BCUT2D eigenvalue weighted by molar-refractivity contribution is 5.94. The van der Waals surface area contributed by atoms with Crippen LogP contribution < -0.4 is 0 Å². The fourth-order valence-electron chi connectivity index (χ4n) is 1.59. The number of halogens is 3. The van der Waals surface area contributed by atoms with Crippen LogP contribution in [0.2, 0.25) is 0 Å². The molecule has 0 saturated heterocycles. The first-order valence-corrected chi connectivity index (χ1v) is 5.15. The third-order valence-corrected chi connectivity index (χ3v) is 2.33. The van der Waals surface area contributed by atoms with Crippen molar-refractivity contribution >= 4 is 17.0 Å². The highest BCUT2D eigenvalue weighted by Gasteiger charge is 2.33. The lowest BCUT2D eigenvalue weighted by molar-refractivity contribution is -0.136. The molecule has 96 valence electrons. The van der Waals surface area contributed by atoms with Crippen LogP contribution in [-0.2, 0) is 10.9 Å². The molecule has 0 bridgehead atoms. The Hall–Kier alpha value is -2.05. The summed E-state index contributed by atoms with van der Waals surface area (Å²) in [5.74, 6) is -0.705. The molecule has 7 heteroatoms. The number of aromatic nitrogens is 2. The topological polar surface area (TPSA) is 55.0 Å². The largest absolute Gasteiger partial charge is 0.461 e. The average molecular weight is 258 g/mol. The predicted molar refractivity (Wildman–Crippen MR) is 57.1 cm³/mol. The van der Waals surface area contributed by atoms with E-state index in [1.54, 1.807) is 6.92 Å². The summed E-state index contributed by atoms with van der Waals surface area (Å²) in [6.45, 7) is 1.76. The summed E-state index contributed by atoms with van der Waals surface area (Å²) in [7, 11) is 0. The number of pyridine rings is 1. The Morgan fingerprint density at radius 2 is 2.22 bits per heavy atom. The van der Waals surface area contributed by atoms with Gasteiger partial charge in [-0.15, -0.1) is 0 Å². The number of carbonyl (C=O) groups excluding carboxylic acids is 1. The summed E-state index contributed by atoms with van der Waals surface area (Å²) in [4.78, 5) is 17.7. The molecule has 0 fully saturated rings. The molecule has 1 N–H and O–H groups in total. The zero-order valence-corrected chi connectivity index (χ0v) is 9.34. The first-order chi connectivity index (χ1) is 8.43. The van der Waals surface area contributed by atoms with Crippen molar-refractivity contribution in [2.24, 2.45) is 0 Å². The minimum atomic E-state index is -4.49. The summed E-state index contributed by atoms with van der Waals surface area (Å²) in [6.07, 6.45) is -3.45. The maximum absolute atomic E-state index is 12.7. The molecule has 0 amide bonds. The number of carbonyl (C=O) groups is 1. The van der Waals surface area contributed by atoms with E-state index in [0.717, 1.165) is 18.3 Å². The quantitative estimate of drug-likeness (QED) is 0.842. The van der Waals surface area contributed by atoms with E-state index in [1.807, 2.05) is 0 Å². The molecule has 2 aromatic heterocycles. The lowest BCUT2D eigenvalue weighted by atomic mass is 10.2. The Morgan fingerprint density at radius 1 is 1.50 bits per heavy atom. The molecule has 0 unspecified atom stereocenters. The Labute approximate surface area is 99.8 Å². The van der Waals surface area contributed by atoms with Crippen LogP contribution in [0.3, 0.4) is 0 Å². The highest BCUT2D eigenvalue weighted by Crippen LogP contribution is 2.34. The minimum absolute atomic E-state index is 0.00729. The lowest BCUT2D eigenvalue weighted by Gasteiger charge is -2.06. The van der Waals surface area contributed by atoms with Crippen LogP contribution >= 0.6 is 0 Å². The van der Waals surface area contributed by atoms with Crippen molar-refractivity contribution in [3.63, 3.8) is 0 Å². The SMILES string of the molecule is CCOC(=O)c1cc2c(C(F)(F)F)ccnc2[nH]1. The average Bonchev–Trinajstić information content (AvgIpc) is 2.71. The maximum atomic E-state index is 12.7. The Kier molecular flexibility index (Phi) is 2.98. The van der Waals surface area contributed by atoms with Crippen LogP contribution in [0.4, 0.5) is 13.2 Å².